The van der Waals surface area contributed by atoms with E-state index in [4.69, 9.17) is 0 Å². The van der Waals surface area contributed by atoms with Crippen LogP contribution in [0.15, 0.2) is 16.1 Å². The highest BCUT2D eigenvalue weighted by molar-refractivity contribution is 5.80. The first kappa shape index (κ1) is 12.5. The zero-order chi connectivity index (χ0) is 11.4. The van der Waals surface area contributed by atoms with E-state index in [0.29, 0.717) is 5.92 Å². The van der Waals surface area contributed by atoms with Crippen molar-refractivity contribution in [3.8, 4) is 0 Å². The summed E-state index contributed by atoms with van der Waals surface area (Å²) in [5.74, 6) is 2.35. The number of nitrogens with zero attached hydrogens (tertiary/aromatic N) is 1. The fourth-order valence-electron chi connectivity index (χ4n) is 2.43. The molecule has 1 heteroatoms. The van der Waals surface area contributed by atoms with Crippen molar-refractivity contribution in [3.05, 3.63) is 11.1 Å². The summed E-state index contributed by atoms with van der Waals surface area (Å²) < 4.78 is 0. The van der Waals surface area contributed by atoms with Crippen LogP contribution in [0.3, 0.4) is 0 Å². The van der Waals surface area contributed by atoms with E-state index < -0.39 is 0 Å². The largest absolute Gasteiger partial charge is 0.296 e. The minimum atomic E-state index is 0.615. The zero-order valence-corrected chi connectivity index (χ0v) is 10.9. The van der Waals surface area contributed by atoms with E-state index in [1.54, 1.807) is 5.57 Å². The topological polar surface area (TPSA) is 12.4 Å². The van der Waals surface area contributed by atoms with E-state index in [-0.39, 0.29) is 0 Å². The van der Waals surface area contributed by atoms with Gasteiger partial charge in [-0.25, -0.2) is 0 Å². The second kappa shape index (κ2) is 5.48. The summed E-state index contributed by atoms with van der Waals surface area (Å²) in [6.45, 7) is 9.30. The Morgan fingerprint density at radius 2 is 2.00 bits per heavy atom. The van der Waals surface area contributed by atoms with Crippen LogP contribution in [0.2, 0.25) is 0 Å². The molecule has 2 atom stereocenters. The lowest BCUT2D eigenvalue weighted by molar-refractivity contribution is 0.321. The van der Waals surface area contributed by atoms with Crippen molar-refractivity contribution in [3.63, 3.8) is 0 Å². The highest BCUT2D eigenvalue weighted by atomic mass is 14.6. The molecule has 0 heterocycles. The van der Waals surface area contributed by atoms with Crippen molar-refractivity contribution in [2.75, 3.05) is 7.05 Å². The zero-order valence-electron chi connectivity index (χ0n) is 10.9. The van der Waals surface area contributed by atoms with Crippen LogP contribution in [-0.2, 0) is 0 Å². The molecule has 0 aromatic rings. The predicted molar refractivity (Wildman–Crippen MR) is 68.5 cm³/mol. The average molecular weight is 207 g/mol. The number of rotatable bonds is 2. The number of allylic oxidation sites excluding steroid dienone is 2. The fourth-order valence-corrected chi connectivity index (χ4v) is 2.43. The maximum Gasteiger partial charge on any atom is 0.0277 e. The highest BCUT2D eigenvalue weighted by Crippen LogP contribution is 2.35. The van der Waals surface area contributed by atoms with Crippen LogP contribution in [-0.4, -0.2) is 13.3 Å². The first-order valence-corrected chi connectivity index (χ1v) is 6.20. The van der Waals surface area contributed by atoms with E-state index in [1.807, 2.05) is 7.05 Å². The maximum atomic E-state index is 4.19. The lowest BCUT2D eigenvalue weighted by atomic mass is 9.76. The standard InChI is InChI=1S/C14H25N/c1-10(2)14(9-15-5)13-7-6-11(3)12(4)8-13/h9-12H,6-8H2,1-5H3/b14-13+,15-9?. The normalized spacial score (nSPS) is 31.3. The van der Waals surface area contributed by atoms with E-state index in [9.17, 15) is 0 Å². The second-order valence-electron chi connectivity index (χ2n) is 5.30. The summed E-state index contributed by atoms with van der Waals surface area (Å²) in [4.78, 5) is 4.19. The molecule has 0 amide bonds. The van der Waals surface area contributed by atoms with Gasteiger partial charge in [-0.05, 0) is 42.6 Å². The van der Waals surface area contributed by atoms with E-state index in [0.717, 1.165) is 11.8 Å². The molecule has 1 fully saturated rings. The number of hydrogen-bond acceptors (Lipinski definition) is 1. The third-order valence-electron chi connectivity index (χ3n) is 3.74. The molecule has 0 aromatic heterocycles. The van der Waals surface area contributed by atoms with Crippen LogP contribution in [0.25, 0.3) is 0 Å². The quantitative estimate of drug-likeness (QED) is 0.605. The molecular formula is C14H25N. The summed E-state index contributed by atoms with van der Waals surface area (Å²) >= 11 is 0. The van der Waals surface area contributed by atoms with Crippen molar-refractivity contribution >= 4 is 6.21 Å². The van der Waals surface area contributed by atoms with Gasteiger partial charge in [-0.2, -0.15) is 0 Å². The molecule has 0 aromatic carbocycles. The van der Waals surface area contributed by atoms with Gasteiger partial charge in [-0.3, -0.25) is 4.99 Å². The van der Waals surface area contributed by atoms with Crippen LogP contribution in [0.5, 0.6) is 0 Å². The van der Waals surface area contributed by atoms with Crippen molar-refractivity contribution in [1.29, 1.82) is 0 Å². The summed E-state index contributed by atoms with van der Waals surface area (Å²) in [6.07, 6.45) is 5.98. The van der Waals surface area contributed by atoms with Crippen LogP contribution in [0.1, 0.15) is 47.0 Å². The van der Waals surface area contributed by atoms with Gasteiger partial charge in [0.2, 0.25) is 0 Å². The summed E-state index contributed by atoms with van der Waals surface area (Å²) in [7, 11) is 1.87. The van der Waals surface area contributed by atoms with E-state index in [1.165, 1.54) is 24.8 Å². The molecule has 1 nitrogen and oxygen atoms in total. The minimum Gasteiger partial charge on any atom is -0.296 e. The molecule has 0 spiro atoms. The molecule has 1 aliphatic carbocycles. The van der Waals surface area contributed by atoms with Gasteiger partial charge in [0.05, 0.1) is 0 Å². The van der Waals surface area contributed by atoms with E-state index in [2.05, 4.69) is 38.9 Å². The Bertz CT molecular complexity index is 261. The van der Waals surface area contributed by atoms with Crippen LogP contribution in [0.4, 0.5) is 0 Å². The Morgan fingerprint density at radius 1 is 1.33 bits per heavy atom. The lowest BCUT2D eigenvalue weighted by Crippen LogP contribution is -2.17. The molecule has 0 bridgehead atoms. The predicted octanol–water partition coefficient (Wildman–Crippen LogP) is 4.10. The van der Waals surface area contributed by atoms with Crippen molar-refractivity contribution in [1.82, 2.24) is 0 Å². The van der Waals surface area contributed by atoms with Gasteiger partial charge >= 0.3 is 0 Å². The van der Waals surface area contributed by atoms with Crippen LogP contribution < -0.4 is 0 Å². The third kappa shape index (κ3) is 3.19. The monoisotopic (exact) mass is 207 g/mol. The Labute approximate surface area is 94.7 Å². The van der Waals surface area contributed by atoms with Gasteiger partial charge < -0.3 is 0 Å². The molecule has 0 aliphatic heterocycles. The average Bonchev–Trinajstić information content (AvgIpc) is 2.18. The van der Waals surface area contributed by atoms with Crippen molar-refractivity contribution in [2.45, 2.75) is 47.0 Å². The second-order valence-corrected chi connectivity index (χ2v) is 5.30. The maximum absolute atomic E-state index is 4.19. The van der Waals surface area contributed by atoms with Gasteiger partial charge in [-0.15, -0.1) is 0 Å². The molecular weight excluding hydrogens is 182 g/mol. The minimum absolute atomic E-state index is 0.615. The van der Waals surface area contributed by atoms with Crippen molar-refractivity contribution < 1.29 is 0 Å². The van der Waals surface area contributed by atoms with Crippen LogP contribution in [0, 0.1) is 17.8 Å². The molecule has 15 heavy (non-hydrogen) atoms. The molecule has 0 saturated heterocycles. The van der Waals surface area contributed by atoms with Gasteiger partial charge in [0.1, 0.15) is 0 Å². The molecule has 1 rings (SSSR count). The molecule has 0 radical (unpaired) electrons. The summed E-state index contributed by atoms with van der Waals surface area (Å²) in [5, 5.41) is 0. The first-order valence-electron chi connectivity index (χ1n) is 6.20. The third-order valence-corrected chi connectivity index (χ3v) is 3.74. The highest BCUT2D eigenvalue weighted by Gasteiger charge is 2.22. The smallest absolute Gasteiger partial charge is 0.0277 e. The Hall–Kier alpha value is -0.590. The number of hydrogen-bond donors (Lipinski definition) is 0. The first-order chi connectivity index (χ1) is 7.06. The SMILES string of the molecule is CN=C/C(=C1/CCC(C)C(C)C1)C(C)C. The molecule has 1 aliphatic rings. The van der Waals surface area contributed by atoms with E-state index >= 15 is 0 Å². The number of aliphatic imine (C=N–C) groups is 1. The van der Waals surface area contributed by atoms with Gasteiger partial charge in [0.15, 0.2) is 0 Å². The molecule has 86 valence electrons. The van der Waals surface area contributed by atoms with Gasteiger partial charge in [0, 0.05) is 13.3 Å². The molecule has 1 saturated carbocycles. The Kier molecular flexibility index (Phi) is 4.56. The van der Waals surface area contributed by atoms with Gasteiger partial charge in [-0.1, -0.05) is 33.3 Å². The lowest BCUT2D eigenvalue weighted by Gasteiger charge is -2.29. The van der Waals surface area contributed by atoms with Crippen molar-refractivity contribution in [2.24, 2.45) is 22.7 Å². The Balaban J connectivity index is 2.86. The fraction of sp³-hybridized carbons (Fsp3) is 0.786. The van der Waals surface area contributed by atoms with Crippen LogP contribution >= 0.6 is 0 Å². The Morgan fingerprint density at radius 3 is 2.47 bits per heavy atom. The summed E-state index contributed by atoms with van der Waals surface area (Å²) in [6, 6.07) is 0. The molecule has 0 N–H and O–H groups in total. The molecule has 2 unspecified atom stereocenters. The van der Waals surface area contributed by atoms with Gasteiger partial charge in [0.25, 0.3) is 0 Å². The summed E-state index contributed by atoms with van der Waals surface area (Å²) in [5.41, 5.74) is 3.14.